The highest BCUT2D eigenvalue weighted by molar-refractivity contribution is 7.15. The molecular formula is C13H16N2OS. The third kappa shape index (κ3) is 2.26. The van der Waals surface area contributed by atoms with Gasteiger partial charge in [-0.15, -0.1) is 11.3 Å². The van der Waals surface area contributed by atoms with Crippen molar-refractivity contribution in [3.05, 3.63) is 28.6 Å². The van der Waals surface area contributed by atoms with Gasteiger partial charge in [0, 0.05) is 4.88 Å². The van der Waals surface area contributed by atoms with Gasteiger partial charge in [0.1, 0.15) is 16.6 Å². The van der Waals surface area contributed by atoms with Crippen molar-refractivity contribution in [1.29, 1.82) is 0 Å². The van der Waals surface area contributed by atoms with E-state index in [9.17, 15) is 0 Å². The molecular weight excluding hydrogens is 232 g/mol. The molecule has 0 radical (unpaired) electrons. The number of nitrogen functional groups attached to an aromatic ring is 1. The van der Waals surface area contributed by atoms with E-state index < -0.39 is 0 Å². The van der Waals surface area contributed by atoms with Gasteiger partial charge < -0.3 is 10.5 Å². The van der Waals surface area contributed by atoms with Crippen LogP contribution < -0.4 is 10.5 Å². The fourth-order valence-electron chi connectivity index (χ4n) is 1.67. The van der Waals surface area contributed by atoms with Crippen molar-refractivity contribution in [1.82, 2.24) is 4.98 Å². The van der Waals surface area contributed by atoms with Gasteiger partial charge in [0.2, 0.25) is 0 Å². The van der Waals surface area contributed by atoms with Crippen LogP contribution in [0.1, 0.15) is 17.4 Å². The van der Waals surface area contributed by atoms with E-state index in [0.717, 1.165) is 27.6 Å². The first-order valence-electron chi connectivity index (χ1n) is 5.56. The van der Waals surface area contributed by atoms with Crippen LogP contribution in [0.5, 0.6) is 5.75 Å². The van der Waals surface area contributed by atoms with Crippen molar-refractivity contribution in [2.75, 3.05) is 12.8 Å². The molecule has 1 heterocycles. The van der Waals surface area contributed by atoms with Gasteiger partial charge in [-0.2, -0.15) is 0 Å². The summed E-state index contributed by atoms with van der Waals surface area (Å²) in [5, 5.41) is 0.923. The molecule has 4 heteroatoms. The first-order chi connectivity index (χ1) is 8.15. The molecule has 90 valence electrons. The molecule has 0 atom stereocenters. The largest absolute Gasteiger partial charge is 0.496 e. The van der Waals surface area contributed by atoms with E-state index in [0.29, 0.717) is 5.82 Å². The Kier molecular flexibility index (Phi) is 3.33. The predicted octanol–water partition coefficient (Wildman–Crippen LogP) is 3.27. The molecule has 3 nitrogen and oxygen atoms in total. The fraction of sp³-hybridized carbons (Fsp3) is 0.308. The molecule has 2 rings (SSSR count). The van der Waals surface area contributed by atoms with Gasteiger partial charge in [-0.05, 0) is 31.0 Å². The Hall–Kier alpha value is -1.55. The first kappa shape index (κ1) is 11.9. The smallest absolute Gasteiger partial charge is 0.138 e. The Bertz CT molecular complexity index is 515. The van der Waals surface area contributed by atoms with Crippen molar-refractivity contribution in [2.45, 2.75) is 20.3 Å². The third-order valence-corrected chi connectivity index (χ3v) is 3.75. The molecule has 0 spiro atoms. The van der Waals surface area contributed by atoms with Crippen LogP contribution in [-0.2, 0) is 6.42 Å². The maximum absolute atomic E-state index is 5.80. The van der Waals surface area contributed by atoms with Crippen LogP contribution in [0.2, 0.25) is 0 Å². The number of methoxy groups -OCH3 is 1. The van der Waals surface area contributed by atoms with Crippen LogP contribution in [0.3, 0.4) is 0 Å². The molecule has 17 heavy (non-hydrogen) atoms. The molecule has 0 amide bonds. The molecule has 0 fully saturated rings. The molecule has 0 aliphatic heterocycles. The number of nitrogens with zero attached hydrogens (tertiary/aromatic N) is 1. The second kappa shape index (κ2) is 4.75. The Morgan fingerprint density at radius 3 is 2.71 bits per heavy atom. The topological polar surface area (TPSA) is 48.1 Å². The van der Waals surface area contributed by atoms with Crippen molar-refractivity contribution in [3.63, 3.8) is 0 Å². The zero-order valence-corrected chi connectivity index (χ0v) is 11.1. The fourth-order valence-corrected chi connectivity index (χ4v) is 2.52. The zero-order chi connectivity index (χ0) is 12.4. The Balaban J connectivity index is 2.55. The molecule has 0 saturated carbocycles. The van der Waals surface area contributed by atoms with Gasteiger partial charge in [0.15, 0.2) is 0 Å². The summed E-state index contributed by atoms with van der Waals surface area (Å²) in [6.45, 7) is 4.11. The van der Waals surface area contributed by atoms with Crippen LogP contribution in [-0.4, -0.2) is 12.1 Å². The van der Waals surface area contributed by atoms with Gasteiger partial charge in [0.05, 0.1) is 12.7 Å². The monoisotopic (exact) mass is 248 g/mol. The highest BCUT2D eigenvalue weighted by atomic mass is 32.1. The molecule has 1 aromatic heterocycles. The minimum Gasteiger partial charge on any atom is -0.496 e. The number of ether oxygens (including phenoxy) is 1. The van der Waals surface area contributed by atoms with Gasteiger partial charge in [-0.25, -0.2) is 4.98 Å². The highest BCUT2D eigenvalue weighted by Gasteiger charge is 2.12. The summed E-state index contributed by atoms with van der Waals surface area (Å²) >= 11 is 1.60. The Labute approximate surface area is 105 Å². The number of anilines is 1. The number of benzene rings is 1. The van der Waals surface area contributed by atoms with Gasteiger partial charge in [0.25, 0.3) is 0 Å². The summed E-state index contributed by atoms with van der Waals surface area (Å²) in [6, 6.07) is 6.18. The van der Waals surface area contributed by atoms with Gasteiger partial charge in [-0.1, -0.05) is 13.0 Å². The van der Waals surface area contributed by atoms with Crippen molar-refractivity contribution >= 4 is 17.2 Å². The lowest BCUT2D eigenvalue weighted by atomic mass is 10.1. The second-order valence-electron chi connectivity index (χ2n) is 3.85. The highest BCUT2D eigenvalue weighted by Crippen LogP contribution is 2.35. The van der Waals surface area contributed by atoms with Crippen molar-refractivity contribution in [2.24, 2.45) is 0 Å². The van der Waals surface area contributed by atoms with Crippen LogP contribution in [0.15, 0.2) is 18.2 Å². The summed E-state index contributed by atoms with van der Waals surface area (Å²) in [4.78, 5) is 5.43. The Morgan fingerprint density at radius 2 is 2.18 bits per heavy atom. The number of rotatable bonds is 3. The molecule has 0 aliphatic rings. The summed E-state index contributed by atoms with van der Waals surface area (Å²) < 4.78 is 5.37. The molecule has 2 N–H and O–H groups in total. The van der Waals surface area contributed by atoms with E-state index >= 15 is 0 Å². The molecule has 0 unspecified atom stereocenters. The minimum absolute atomic E-state index is 0.606. The maximum Gasteiger partial charge on any atom is 0.138 e. The van der Waals surface area contributed by atoms with E-state index in [1.54, 1.807) is 18.4 Å². The zero-order valence-electron chi connectivity index (χ0n) is 10.3. The number of nitrogens with two attached hydrogens (primary N) is 1. The van der Waals surface area contributed by atoms with Crippen LogP contribution >= 0.6 is 11.3 Å². The van der Waals surface area contributed by atoms with Crippen LogP contribution in [0.4, 0.5) is 5.82 Å². The third-order valence-electron chi connectivity index (χ3n) is 2.74. The average Bonchev–Trinajstić information content (AvgIpc) is 2.68. The average molecular weight is 248 g/mol. The number of aryl methyl sites for hydroxylation is 2. The summed E-state index contributed by atoms with van der Waals surface area (Å²) in [5.41, 5.74) is 8.09. The van der Waals surface area contributed by atoms with E-state index in [1.165, 1.54) is 5.56 Å². The van der Waals surface area contributed by atoms with Gasteiger partial charge >= 0.3 is 0 Å². The van der Waals surface area contributed by atoms with Gasteiger partial charge in [-0.3, -0.25) is 0 Å². The SMILES string of the molecule is CCc1ccc(OC)c(-c2nc(N)c(C)s2)c1. The molecule has 2 aromatic rings. The minimum atomic E-state index is 0.606. The lowest BCUT2D eigenvalue weighted by Crippen LogP contribution is -1.91. The van der Waals surface area contributed by atoms with E-state index in [4.69, 9.17) is 10.5 Å². The number of hydrogen-bond donors (Lipinski definition) is 1. The van der Waals surface area contributed by atoms with Crippen LogP contribution in [0, 0.1) is 6.92 Å². The summed E-state index contributed by atoms with van der Waals surface area (Å²) in [7, 11) is 1.67. The lowest BCUT2D eigenvalue weighted by molar-refractivity contribution is 0.416. The Morgan fingerprint density at radius 1 is 1.41 bits per heavy atom. The summed E-state index contributed by atoms with van der Waals surface area (Å²) in [6.07, 6.45) is 0.997. The second-order valence-corrected chi connectivity index (χ2v) is 5.05. The van der Waals surface area contributed by atoms with Crippen LogP contribution in [0.25, 0.3) is 10.6 Å². The predicted molar refractivity (Wildman–Crippen MR) is 72.6 cm³/mol. The van der Waals surface area contributed by atoms with E-state index in [1.807, 2.05) is 13.0 Å². The molecule has 0 aliphatic carbocycles. The number of hydrogen-bond acceptors (Lipinski definition) is 4. The lowest BCUT2D eigenvalue weighted by Gasteiger charge is -2.07. The number of aromatic nitrogens is 1. The first-order valence-corrected chi connectivity index (χ1v) is 6.37. The quantitative estimate of drug-likeness (QED) is 0.906. The molecule has 0 bridgehead atoms. The maximum atomic E-state index is 5.80. The standard InChI is InChI=1S/C13H16N2OS/c1-4-9-5-6-11(16-3)10(7-9)13-15-12(14)8(2)17-13/h5-7H,4,14H2,1-3H3. The van der Waals surface area contributed by atoms with E-state index in [2.05, 4.69) is 24.0 Å². The van der Waals surface area contributed by atoms with Crippen molar-refractivity contribution < 1.29 is 4.74 Å². The molecule has 0 saturated heterocycles. The van der Waals surface area contributed by atoms with E-state index in [-0.39, 0.29) is 0 Å². The number of thiazole rings is 1. The normalized spacial score (nSPS) is 10.5. The summed E-state index contributed by atoms with van der Waals surface area (Å²) in [5.74, 6) is 1.45. The molecule has 1 aromatic carbocycles. The van der Waals surface area contributed by atoms with Crippen molar-refractivity contribution in [3.8, 4) is 16.3 Å².